The molecule has 1 aliphatic heterocycles. The van der Waals surface area contributed by atoms with Gasteiger partial charge in [0.05, 0.1) is 30.0 Å². The minimum atomic E-state index is -0.691. The Kier molecular flexibility index (Phi) is 5.94. The molecule has 4 aromatic rings. The highest BCUT2D eigenvalue weighted by molar-refractivity contribution is 5.86. The second-order valence-electron chi connectivity index (χ2n) is 9.18. The third-order valence-corrected chi connectivity index (χ3v) is 6.83. The summed E-state index contributed by atoms with van der Waals surface area (Å²) in [7, 11) is 2.94. The van der Waals surface area contributed by atoms with Crippen molar-refractivity contribution in [2.75, 3.05) is 11.4 Å². The average Bonchev–Trinajstić information content (AvgIpc) is 3.52. The third kappa shape index (κ3) is 3.97. The van der Waals surface area contributed by atoms with E-state index in [0.29, 0.717) is 29.1 Å². The van der Waals surface area contributed by atoms with Gasteiger partial charge >= 0.3 is 5.69 Å². The Bertz CT molecular complexity index is 1570. The van der Waals surface area contributed by atoms with E-state index in [1.807, 2.05) is 0 Å². The quantitative estimate of drug-likeness (QED) is 0.389. The first kappa shape index (κ1) is 23.5. The predicted octanol–water partition coefficient (Wildman–Crippen LogP) is 1.04. The van der Waals surface area contributed by atoms with Crippen molar-refractivity contribution in [2.45, 2.75) is 45.2 Å². The minimum Gasteiger partial charge on any atom is -0.338 e. The summed E-state index contributed by atoms with van der Waals surface area (Å²) in [4.78, 5) is 62.3. The number of carbonyl (C=O) groups excluding carboxylic acids is 1. The lowest BCUT2D eigenvalue weighted by Crippen LogP contribution is -2.38. The van der Waals surface area contributed by atoms with E-state index < -0.39 is 17.3 Å². The Balaban J connectivity index is 1.37. The fourth-order valence-corrected chi connectivity index (χ4v) is 4.59. The van der Waals surface area contributed by atoms with Crippen LogP contribution in [0.15, 0.2) is 40.6 Å². The first-order valence-corrected chi connectivity index (χ1v) is 11.8. The molecular formula is C24H27N9O3. The van der Waals surface area contributed by atoms with Gasteiger partial charge in [0, 0.05) is 45.3 Å². The molecule has 2 atom stereocenters. The van der Waals surface area contributed by atoms with Gasteiger partial charge in [0.25, 0.3) is 5.56 Å². The van der Waals surface area contributed by atoms with Gasteiger partial charge in [-0.15, -0.1) is 0 Å². The molecule has 12 nitrogen and oxygen atoms in total. The number of carbonyl (C=O) groups is 1. The maximum absolute atomic E-state index is 13.2. The van der Waals surface area contributed by atoms with Gasteiger partial charge in [-0.1, -0.05) is 0 Å². The number of aryl methyl sites for hydroxylation is 1. The summed E-state index contributed by atoms with van der Waals surface area (Å²) in [6, 6.07) is 1.41. The fraction of sp³-hybridized carbons (Fsp3) is 0.417. The number of nitrogens with zero attached hydrogens (tertiary/aromatic N) is 9. The van der Waals surface area contributed by atoms with E-state index in [1.54, 1.807) is 38.6 Å². The molecule has 1 unspecified atom stereocenters. The molecule has 5 rings (SSSR count). The van der Waals surface area contributed by atoms with Crippen LogP contribution >= 0.6 is 0 Å². The van der Waals surface area contributed by atoms with Gasteiger partial charge < -0.3 is 9.47 Å². The highest BCUT2D eigenvalue weighted by Gasteiger charge is 2.24. The van der Waals surface area contributed by atoms with Gasteiger partial charge in [-0.3, -0.25) is 18.7 Å². The first-order chi connectivity index (χ1) is 17.3. The van der Waals surface area contributed by atoms with E-state index >= 15 is 0 Å². The Morgan fingerprint density at radius 3 is 2.56 bits per heavy atom. The molecule has 0 radical (unpaired) electrons. The highest BCUT2D eigenvalue weighted by atomic mass is 16.2. The summed E-state index contributed by atoms with van der Waals surface area (Å²) in [6.07, 6.45) is 8.72. The maximum atomic E-state index is 13.2. The van der Waals surface area contributed by atoms with Crippen LogP contribution in [-0.4, -0.2) is 57.0 Å². The standard InChI is InChI=1S/C24H27N9O3/c1-14-6-5-9-32(14)23-26-11-16(12-27-23)20-25-8-7-17(29-20)10-18(34)15(2)33-13-28-21-19(33)22(35)31(4)24(36)30(21)3/h7-8,11-15H,5-6,9-10H2,1-4H3/t14-,15?/m0/s1. The molecule has 0 saturated carbocycles. The number of anilines is 1. The van der Waals surface area contributed by atoms with Crippen LogP contribution in [0.25, 0.3) is 22.6 Å². The number of ketones is 1. The Labute approximate surface area is 206 Å². The SMILES string of the molecule is CC(C(=O)Cc1ccnc(-c2cnc(N3CCC[C@@H]3C)nc2)n1)n1cnc2c1c(=O)n(C)c(=O)n2C. The van der Waals surface area contributed by atoms with Crippen LogP contribution in [-0.2, 0) is 25.3 Å². The fourth-order valence-electron chi connectivity index (χ4n) is 4.59. The van der Waals surface area contributed by atoms with E-state index in [4.69, 9.17) is 0 Å². The smallest absolute Gasteiger partial charge is 0.332 e. The summed E-state index contributed by atoms with van der Waals surface area (Å²) in [6.45, 7) is 4.81. The Morgan fingerprint density at radius 2 is 1.86 bits per heavy atom. The summed E-state index contributed by atoms with van der Waals surface area (Å²) < 4.78 is 3.80. The lowest BCUT2D eigenvalue weighted by molar-refractivity contribution is -0.121. The molecule has 1 saturated heterocycles. The van der Waals surface area contributed by atoms with Crippen molar-refractivity contribution in [3.8, 4) is 11.4 Å². The largest absolute Gasteiger partial charge is 0.338 e. The van der Waals surface area contributed by atoms with Crippen LogP contribution in [0.3, 0.4) is 0 Å². The van der Waals surface area contributed by atoms with Crippen LogP contribution in [0.2, 0.25) is 0 Å². The zero-order chi connectivity index (χ0) is 25.6. The van der Waals surface area contributed by atoms with Crippen molar-refractivity contribution < 1.29 is 4.79 Å². The van der Waals surface area contributed by atoms with Crippen LogP contribution in [0.5, 0.6) is 0 Å². The second-order valence-corrected chi connectivity index (χ2v) is 9.18. The van der Waals surface area contributed by atoms with Crippen molar-refractivity contribution in [2.24, 2.45) is 14.1 Å². The van der Waals surface area contributed by atoms with E-state index in [9.17, 15) is 14.4 Å². The Morgan fingerprint density at radius 1 is 1.11 bits per heavy atom. The van der Waals surface area contributed by atoms with Crippen molar-refractivity contribution >= 4 is 22.9 Å². The lowest BCUT2D eigenvalue weighted by atomic mass is 10.1. The minimum absolute atomic E-state index is 0.0344. The molecule has 1 fully saturated rings. The number of fused-ring (bicyclic) bond motifs is 1. The van der Waals surface area contributed by atoms with Gasteiger partial charge in [-0.25, -0.2) is 29.7 Å². The van der Waals surface area contributed by atoms with Crippen molar-refractivity contribution in [1.82, 2.24) is 38.6 Å². The normalized spacial score (nSPS) is 16.6. The number of imidazole rings is 1. The number of hydrogen-bond donors (Lipinski definition) is 0. The van der Waals surface area contributed by atoms with Gasteiger partial charge in [0.2, 0.25) is 5.95 Å². The molecule has 36 heavy (non-hydrogen) atoms. The molecule has 5 heterocycles. The van der Waals surface area contributed by atoms with Crippen LogP contribution in [0.4, 0.5) is 5.95 Å². The summed E-state index contributed by atoms with van der Waals surface area (Å²) >= 11 is 0. The van der Waals surface area contributed by atoms with E-state index in [-0.39, 0.29) is 23.4 Å². The van der Waals surface area contributed by atoms with Crippen molar-refractivity contribution in [3.05, 3.63) is 57.5 Å². The summed E-state index contributed by atoms with van der Waals surface area (Å²) in [5.74, 6) is 0.968. The van der Waals surface area contributed by atoms with Gasteiger partial charge in [0.1, 0.15) is 0 Å². The molecule has 12 heteroatoms. The summed E-state index contributed by atoms with van der Waals surface area (Å²) in [5, 5.41) is 0. The topological polar surface area (TPSA) is 134 Å². The lowest BCUT2D eigenvalue weighted by Gasteiger charge is -2.20. The van der Waals surface area contributed by atoms with Gasteiger partial charge in [0.15, 0.2) is 22.8 Å². The monoisotopic (exact) mass is 489 g/mol. The van der Waals surface area contributed by atoms with Crippen LogP contribution in [0, 0.1) is 0 Å². The van der Waals surface area contributed by atoms with Gasteiger partial charge in [-0.2, -0.15) is 0 Å². The molecule has 0 amide bonds. The molecule has 0 aromatic carbocycles. The molecule has 0 aliphatic carbocycles. The third-order valence-electron chi connectivity index (χ3n) is 6.83. The zero-order valence-electron chi connectivity index (χ0n) is 20.6. The highest BCUT2D eigenvalue weighted by Crippen LogP contribution is 2.23. The van der Waals surface area contributed by atoms with Crippen LogP contribution in [0.1, 0.15) is 38.4 Å². The molecule has 0 N–H and O–H groups in total. The molecule has 0 spiro atoms. The molecule has 186 valence electrons. The molecule has 0 bridgehead atoms. The van der Waals surface area contributed by atoms with E-state index in [2.05, 4.69) is 36.7 Å². The molecular weight excluding hydrogens is 462 g/mol. The predicted molar refractivity (Wildman–Crippen MR) is 133 cm³/mol. The van der Waals surface area contributed by atoms with E-state index in [1.165, 1.54) is 22.5 Å². The average molecular weight is 490 g/mol. The van der Waals surface area contributed by atoms with Crippen molar-refractivity contribution in [3.63, 3.8) is 0 Å². The second kappa shape index (κ2) is 9.10. The van der Waals surface area contributed by atoms with E-state index in [0.717, 1.165) is 24.0 Å². The number of Topliss-reactive ketones (excluding diaryl/α,β-unsaturated/α-hetero) is 1. The zero-order valence-corrected chi connectivity index (χ0v) is 20.6. The van der Waals surface area contributed by atoms with Crippen LogP contribution < -0.4 is 16.1 Å². The number of rotatable bonds is 6. The Hall–Kier alpha value is -4.22. The number of hydrogen-bond acceptors (Lipinski definition) is 9. The molecule has 4 aromatic heterocycles. The summed E-state index contributed by atoms with van der Waals surface area (Å²) in [5.41, 5.74) is 0.669. The van der Waals surface area contributed by atoms with Gasteiger partial charge in [-0.05, 0) is 32.8 Å². The van der Waals surface area contributed by atoms with Crippen molar-refractivity contribution in [1.29, 1.82) is 0 Å². The number of aromatic nitrogens is 8. The molecule has 1 aliphatic rings. The first-order valence-electron chi connectivity index (χ1n) is 11.8. The maximum Gasteiger partial charge on any atom is 0.332 e.